The minimum atomic E-state index is 0.132. The van der Waals surface area contributed by atoms with Gasteiger partial charge in [-0.25, -0.2) is 4.79 Å². The fourth-order valence-corrected chi connectivity index (χ4v) is 5.76. The summed E-state index contributed by atoms with van der Waals surface area (Å²) < 4.78 is 0. The number of hydrogen-bond acceptors (Lipinski definition) is 2. The van der Waals surface area contributed by atoms with Gasteiger partial charge >= 0.3 is 6.03 Å². The van der Waals surface area contributed by atoms with Gasteiger partial charge in [0.15, 0.2) is 0 Å². The third-order valence-corrected chi connectivity index (χ3v) is 6.16. The first-order chi connectivity index (χ1) is 9.62. The molecule has 0 aromatic carbocycles. The van der Waals surface area contributed by atoms with Crippen LogP contribution in [0.4, 0.5) is 4.79 Å². The Morgan fingerprint density at radius 3 is 2.25 bits per heavy atom. The Morgan fingerprint density at radius 2 is 1.70 bits per heavy atom. The van der Waals surface area contributed by atoms with Crippen LogP contribution in [0.1, 0.15) is 51.4 Å². The highest BCUT2D eigenvalue weighted by Crippen LogP contribution is 2.55. The summed E-state index contributed by atoms with van der Waals surface area (Å²) in [5.41, 5.74) is 6.13. The Bertz CT molecular complexity index is 373. The van der Waals surface area contributed by atoms with E-state index >= 15 is 0 Å². The summed E-state index contributed by atoms with van der Waals surface area (Å²) >= 11 is 0. The molecule has 0 spiro atoms. The molecule has 5 fully saturated rings. The number of likely N-dealkylation sites (tertiary alicyclic amines) is 1. The summed E-state index contributed by atoms with van der Waals surface area (Å²) in [6, 6.07) is 0.327. The number of carbonyl (C=O) groups is 1. The van der Waals surface area contributed by atoms with Crippen LogP contribution in [0.25, 0.3) is 0 Å². The molecule has 5 rings (SSSR count). The quantitative estimate of drug-likeness (QED) is 0.771. The number of nitrogens with two attached hydrogens (primary N) is 1. The van der Waals surface area contributed by atoms with Crippen molar-refractivity contribution >= 4 is 6.03 Å². The van der Waals surface area contributed by atoms with Crippen LogP contribution >= 0.6 is 0 Å². The molecule has 4 bridgehead atoms. The first-order valence-corrected chi connectivity index (χ1v) is 8.44. The summed E-state index contributed by atoms with van der Waals surface area (Å²) in [5.74, 6) is 2.64. The molecule has 4 heteroatoms. The van der Waals surface area contributed by atoms with Crippen LogP contribution < -0.4 is 11.1 Å². The van der Waals surface area contributed by atoms with E-state index in [0.29, 0.717) is 0 Å². The van der Waals surface area contributed by atoms with Gasteiger partial charge in [0.05, 0.1) is 0 Å². The van der Waals surface area contributed by atoms with Crippen LogP contribution in [-0.4, -0.2) is 35.6 Å². The van der Waals surface area contributed by atoms with Gasteiger partial charge in [-0.1, -0.05) is 0 Å². The molecule has 0 unspecified atom stereocenters. The molecule has 4 nitrogen and oxygen atoms in total. The first-order valence-electron chi connectivity index (χ1n) is 8.44. The molecule has 1 aliphatic heterocycles. The van der Waals surface area contributed by atoms with Crippen LogP contribution in [0.3, 0.4) is 0 Å². The second-order valence-electron chi connectivity index (χ2n) is 7.98. The lowest BCUT2D eigenvalue weighted by Gasteiger charge is -2.57. The van der Waals surface area contributed by atoms with Crippen molar-refractivity contribution in [3.8, 4) is 0 Å². The lowest BCUT2D eigenvalue weighted by molar-refractivity contribution is -0.0160. The van der Waals surface area contributed by atoms with Crippen molar-refractivity contribution in [3.05, 3.63) is 0 Å². The van der Waals surface area contributed by atoms with Gasteiger partial charge in [0.2, 0.25) is 0 Å². The van der Waals surface area contributed by atoms with E-state index in [2.05, 4.69) is 5.32 Å². The number of amides is 2. The van der Waals surface area contributed by atoms with E-state index in [0.717, 1.165) is 43.7 Å². The van der Waals surface area contributed by atoms with E-state index in [1.807, 2.05) is 4.90 Å². The van der Waals surface area contributed by atoms with Gasteiger partial charge in [-0.2, -0.15) is 0 Å². The molecule has 20 heavy (non-hydrogen) atoms. The Kier molecular flexibility index (Phi) is 2.99. The van der Waals surface area contributed by atoms with E-state index in [1.54, 1.807) is 0 Å². The number of piperidine rings is 1. The van der Waals surface area contributed by atoms with Crippen molar-refractivity contribution in [3.63, 3.8) is 0 Å². The average Bonchev–Trinajstić information content (AvgIpc) is 2.36. The average molecular weight is 277 g/mol. The van der Waals surface area contributed by atoms with Crippen LogP contribution in [-0.2, 0) is 0 Å². The van der Waals surface area contributed by atoms with Gasteiger partial charge in [-0.05, 0) is 69.1 Å². The van der Waals surface area contributed by atoms with Crippen molar-refractivity contribution in [1.82, 2.24) is 10.2 Å². The molecule has 1 saturated heterocycles. The summed E-state index contributed by atoms with van der Waals surface area (Å²) in [6.07, 6.45) is 10.0. The van der Waals surface area contributed by atoms with Gasteiger partial charge < -0.3 is 16.0 Å². The number of hydrogen-bond donors (Lipinski definition) is 2. The molecular weight excluding hydrogens is 250 g/mol. The fraction of sp³-hybridized carbons (Fsp3) is 0.938. The zero-order valence-corrected chi connectivity index (χ0v) is 12.3. The Balaban J connectivity index is 1.44. The van der Waals surface area contributed by atoms with Crippen molar-refractivity contribution in [2.45, 2.75) is 62.9 Å². The summed E-state index contributed by atoms with van der Waals surface area (Å²) in [4.78, 5) is 14.5. The van der Waals surface area contributed by atoms with E-state index in [1.165, 1.54) is 38.5 Å². The largest absolute Gasteiger partial charge is 0.333 e. The molecule has 4 aliphatic carbocycles. The van der Waals surface area contributed by atoms with Crippen molar-refractivity contribution in [2.24, 2.45) is 23.5 Å². The predicted molar refractivity (Wildman–Crippen MR) is 78.2 cm³/mol. The second kappa shape index (κ2) is 4.62. The smallest absolute Gasteiger partial charge is 0.317 e. The number of rotatable bonds is 1. The molecule has 0 aromatic rings. The molecule has 2 amide bonds. The van der Waals surface area contributed by atoms with E-state index < -0.39 is 0 Å². The topological polar surface area (TPSA) is 58.4 Å². The van der Waals surface area contributed by atoms with Gasteiger partial charge in [-0.3, -0.25) is 0 Å². The molecule has 5 aliphatic rings. The zero-order valence-electron chi connectivity index (χ0n) is 12.3. The van der Waals surface area contributed by atoms with Crippen LogP contribution in [0.15, 0.2) is 0 Å². The monoisotopic (exact) mass is 277 g/mol. The van der Waals surface area contributed by atoms with Crippen LogP contribution in [0.2, 0.25) is 0 Å². The zero-order chi connectivity index (χ0) is 13.7. The minimum Gasteiger partial charge on any atom is -0.333 e. The third-order valence-electron chi connectivity index (χ3n) is 6.16. The highest BCUT2D eigenvalue weighted by Gasteiger charge is 2.51. The maximum atomic E-state index is 12.6. The lowest BCUT2D eigenvalue weighted by atomic mass is 9.53. The van der Waals surface area contributed by atoms with Crippen molar-refractivity contribution in [1.29, 1.82) is 0 Å². The maximum absolute atomic E-state index is 12.6. The van der Waals surface area contributed by atoms with Gasteiger partial charge in [0.1, 0.15) is 0 Å². The molecule has 0 aromatic heterocycles. The van der Waals surface area contributed by atoms with Crippen molar-refractivity contribution < 1.29 is 4.79 Å². The van der Waals surface area contributed by atoms with Crippen LogP contribution in [0.5, 0.6) is 0 Å². The SMILES string of the molecule is N[C@@H]1CCCN(C(=O)NC23CC4CC(CC(C4)C2)C3)C1. The number of nitrogens with zero attached hydrogens (tertiary/aromatic N) is 1. The Hall–Kier alpha value is -0.770. The van der Waals surface area contributed by atoms with Gasteiger partial charge in [0, 0.05) is 24.7 Å². The van der Waals surface area contributed by atoms with E-state index in [-0.39, 0.29) is 17.6 Å². The predicted octanol–water partition coefficient (Wildman–Crippen LogP) is 2.09. The molecule has 3 N–H and O–H groups in total. The first kappa shape index (κ1) is 12.9. The molecule has 1 heterocycles. The van der Waals surface area contributed by atoms with Gasteiger partial charge in [-0.15, -0.1) is 0 Å². The van der Waals surface area contributed by atoms with E-state index in [4.69, 9.17) is 5.73 Å². The molecular formula is C16H27N3O. The fourth-order valence-electron chi connectivity index (χ4n) is 5.76. The summed E-state index contributed by atoms with van der Waals surface area (Å²) in [6.45, 7) is 1.62. The number of urea groups is 1. The Labute approximate surface area is 121 Å². The molecule has 112 valence electrons. The highest BCUT2D eigenvalue weighted by molar-refractivity contribution is 5.75. The molecule has 0 radical (unpaired) electrons. The molecule has 1 atom stereocenters. The lowest BCUT2D eigenvalue weighted by Crippen LogP contribution is -2.63. The number of carbonyl (C=O) groups excluding carboxylic acids is 1. The number of nitrogens with one attached hydrogen (secondary N) is 1. The standard InChI is InChI=1S/C16H27N3O/c17-14-2-1-3-19(10-14)15(20)18-16-7-11-4-12(8-16)6-13(5-11)9-16/h11-14H,1-10,17H2,(H,18,20)/t11?,12?,13?,14-,16?/m1/s1. The summed E-state index contributed by atoms with van der Waals surface area (Å²) in [5, 5.41) is 3.45. The minimum absolute atomic E-state index is 0.132. The second-order valence-corrected chi connectivity index (χ2v) is 7.98. The van der Waals surface area contributed by atoms with Crippen LogP contribution in [0, 0.1) is 17.8 Å². The van der Waals surface area contributed by atoms with Crippen molar-refractivity contribution in [2.75, 3.05) is 13.1 Å². The maximum Gasteiger partial charge on any atom is 0.317 e. The van der Waals surface area contributed by atoms with E-state index in [9.17, 15) is 4.79 Å². The normalized spacial score (nSPS) is 46.5. The molecule has 4 saturated carbocycles. The third kappa shape index (κ3) is 2.22. The Morgan fingerprint density at radius 1 is 1.10 bits per heavy atom. The summed E-state index contributed by atoms with van der Waals surface area (Å²) in [7, 11) is 0. The highest BCUT2D eigenvalue weighted by atomic mass is 16.2. The van der Waals surface area contributed by atoms with Gasteiger partial charge in [0.25, 0.3) is 0 Å².